The summed E-state index contributed by atoms with van der Waals surface area (Å²) in [6.45, 7) is 13.5. The summed E-state index contributed by atoms with van der Waals surface area (Å²) in [5.41, 5.74) is -0.323. The van der Waals surface area contributed by atoms with Crippen molar-refractivity contribution in [3.8, 4) is 0 Å². The lowest BCUT2D eigenvalue weighted by Gasteiger charge is -2.37. The molecule has 5 atom stereocenters. The Bertz CT molecular complexity index is 414. The number of epoxide rings is 1. The Labute approximate surface area is 153 Å². The summed E-state index contributed by atoms with van der Waals surface area (Å²) in [5, 5.41) is 0. The molecule has 3 aliphatic rings. The lowest BCUT2D eigenvalue weighted by Crippen LogP contribution is -2.40. The van der Waals surface area contributed by atoms with Crippen molar-refractivity contribution in [2.75, 3.05) is 19.8 Å². The predicted octanol–water partition coefficient (Wildman–Crippen LogP) is 4.35. The van der Waals surface area contributed by atoms with Crippen LogP contribution in [0.15, 0.2) is 0 Å². The van der Waals surface area contributed by atoms with Crippen molar-refractivity contribution in [3.05, 3.63) is 0 Å². The maximum absolute atomic E-state index is 6.32. The van der Waals surface area contributed by atoms with Crippen molar-refractivity contribution in [2.24, 2.45) is 11.8 Å². The van der Waals surface area contributed by atoms with Crippen LogP contribution in [-0.2, 0) is 18.9 Å². The molecule has 0 bridgehead atoms. The third-order valence-electron chi connectivity index (χ3n) is 5.98. The molecule has 4 heteroatoms. The van der Waals surface area contributed by atoms with E-state index in [1.54, 1.807) is 0 Å². The van der Waals surface area contributed by atoms with Gasteiger partial charge in [0, 0.05) is 13.0 Å². The molecular weight excluding hydrogens is 316 g/mol. The van der Waals surface area contributed by atoms with Crippen LogP contribution >= 0.6 is 0 Å². The second-order valence-electron chi connectivity index (χ2n) is 9.78. The third-order valence-corrected chi connectivity index (χ3v) is 5.98. The summed E-state index contributed by atoms with van der Waals surface area (Å²) in [4.78, 5) is 0. The van der Waals surface area contributed by atoms with Gasteiger partial charge in [0.2, 0.25) is 0 Å². The first-order chi connectivity index (χ1) is 11.7. The van der Waals surface area contributed by atoms with E-state index in [2.05, 4.69) is 34.6 Å². The Morgan fingerprint density at radius 1 is 0.840 bits per heavy atom. The van der Waals surface area contributed by atoms with E-state index in [0.29, 0.717) is 30.1 Å². The zero-order chi connectivity index (χ0) is 18.1. The van der Waals surface area contributed by atoms with Gasteiger partial charge in [-0.2, -0.15) is 0 Å². The summed E-state index contributed by atoms with van der Waals surface area (Å²) < 4.78 is 23.9. The van der Waals surface area contributed by atoms with Crippen molar-refractivity contribution in [1.82, 2.24) is 0 Å². The smallest absolute Gasteiger partial charge is 0.0845 e. The minimum absolute atomic E-state index is 0.159. The van der Waals surface area contributed by atoms with Crippen LogP contribution in [-0.4, -0.2) is 49.3 Å². The highest BCUT2D eigenvalue weighted by molar-refractivity contribution is 4.92. The van der Waals surface area contributed by atoms with Gasteiger partial charge in [-0.1, -0.05) is 0 Å². The fraction of sp³-hybridized carbons (Fsp3) is 1.00. The van der Waals surface area contributed by atoms with Gasteiger partial charge in [0.15, 0.2) is 0 Å². The molecule has 2 saturated heterocycles. The third kappa shape index (κ3) is 6.20. The van der Waals surface area contributed by atoms with Crippen molar-refractivity contribution in [3.63, 3.8) is 0 Å². The van der Waals surface area contributed by atoms with Crippen LogP contribution in [0.25, 0.3) is 0 Å². The monoisotopic (exact) mass is 354 g/mol. The second-order valence-corrected chi connectivity index (χ2v) is 9.78. The molecule has 0 radical (unpaired) electrons. The van der Waals surface area contributed by atoms with Crippen LogP contribution in [0.4, 0.5) is 0 Å². The van der Waals surface area contributed by atoms with Crippen LogP contribution in [0.3, 0.4) is 0 Å². The SMILES string of the molecule is CC1CC(COC(C)(C)CC(C)(C)OCC2CCC3OC3C2)CCO1. The maximum atomic E-state index is 6.32. The van der Waals surface area contributed by atoms with Gasteiger partial charge < -0.3 is 18.9 Å². The Morgan fingerprint density at radius 2 is 1.48 bits per heavy atom. The number of ether oxygens (including phenoxy) is 4. The molecule has 4 nitrogen and oxygen atoms in total. The van der Waals surface area contributed by atoms with E-state index >= 15 is 0 Å². The molecule has 1 aliphatic carbocycles. The van der Waals surface area contributed by atoms with E-state index in [1.165, 1.54) is 19.3 Å². The van der Waals surface area contributed by atoms with E-state index in [1.807, 2.05) is 0 Å². The average Bonchev–Trinajstić information content (AvgIpc) is 3.29. The van der Waals surface area contributed by atoms with Gasteiger partial charge in [0.25, 0.3) is 0 Å². The minimum atomic E-state index is -0.164. The molecule has 25 heavy (non-hydrogen) atoms. The molecular formula is C21H38O4. The van der Waals surface area contributed by atoms with Gasteiger partial charge in [-0.05, 0) is 78.6 Å². The fourth-order valence-electron chi connectivity index (χ4n) is 4.69. The molecule has 0 N–H and O–H groups in total. The summed E-state index contributed by atoms with van der Waals surface area (Å²) in [6.07, 6.45) is 8.27. The van der Waals surface area contributed by atoms with Crippen molar-refractivity contribution in [1.29, 1.82) is 0 Å². The number of hydrogen-bond acceptors (Lipinski definition) is 4. The van der Waals surface area contributed by atoms with Crippen molar-refractivity contribution >= 4 is 0 Å². The largest absolute Gasteiger partial charge is 0.378 e. The summed E-state index contributed by atoms with van der Waals surface area (Å²) >= 11 is 0. The van der Waals surface area contributed by atoms with Crippen LogP contribution in [0, 0.1) is 11.8 Å². The topological polar surface area (TPSA) is 40.2 Å². The Kier molecular flexibility index (Phi) is 6.14. The molecule has 0 spiro atoms. The van der Waals surface area contributed by atoms with Gasteiger partial charge in [-0.3, -0.25) is 0 Å². The quantitative estimate of drug-likeness (QED) is 0.608. The normalized spacial score (nSPS) is 36.1. The van der Waals surface area contributed by atoms with E-state index in [-0.39, 0.29) is 11.2 Å². The molecule has 0 aromatic carbocycles. The zero-order valence-electron chi connectivity index (χ0n) is 16.9. The van der Waals surface area contributed by atoms with Gasteiger partial charge >= 0.3 is 0 Å². The first-order valence-electron chi connectivity index (χ1n) is 10.3. The van der Waals surface area contributed by atoms with Gasteiger partial charge in [0.1, 0.15) is 0 Å². The Morgan fingerprint density at radius 3 is 2.08 bits per heavy atom. The highest BCUT2D eigenvalue weighted by atomic mass is 16.6. The molecule has 0 amide bonds. The summed E-state index contributed by atoms with van der Waals surface area (Å²) in [5.74, 6) is 1.29. The molecule has 1 saturated carbocycles. The number of fused-ring (bicyclic) bond motifs is 1. The van der Waals surface area contributed by atoms with E-state index in [4.69, 9.17) is 18.9 Å². The van der Waals surface area contributed by atoms with E-state index in [0.717, 1.165) is 39.1 Å². The Balaban J connectivity index is 1.38. The molecule has 5 unspecified atom stereocenters. The number of hydrogen-bond donors (Lipinski definition) is 0. The lowest BCUT2D eigenvalue weighted by atomic mass is 9.88. The summed E-state index contributed by atoms with van der Waals surface area (Å²) in [6, 6.07) is 0. The Hall–Kier alpha value is -0.160. The average molecular weight is 355 g/mol. The lowest BCUT2D eigenvalue weighted by molar-refractivity contribution is -0.122. The van der Waals surface area contributed by atoms with Crippen LogP contribution in [0.5, 0.6) is 0 Å². The standard InChI is InChI=1S/C21H38O4/c1-15-10-17(8-9-22-15)13-24-21(4,5)14-20(2,3)23-12-16-6-7-18-19(11-16)25-18/h15-19H,6-14H2,1-5H3. The number of rotatable bonds is 8. The molecule has 3 rings (SSSR count). The van der Waals surface area contributed by atoms with Crippen LogP contribution in [0.2, 0.25) is 0 Å². The van der Waals surface area contributed by atoms with E-state index < -0.39 is 0 Å². The molecule has 2 heterocycles. The maximum Gasteiger partial charge on any atom is 0.0845 e. The highest BCUT2D eigenvalue weighted by Gasteiger charge is 2.44. The first-order valence-corrected chi connectivity index (χ1v) is 10.3. The predicted molar refractivity (Wildman–Crippen MR) is 98.8 cm³/mol. The first kappa shape index (κ1) is 19.6. The molecule has 3 fully saturated rings. The molecule has 0 aromatic rings. The van der Waals surface area contributed by atoms with Gasteiger partial charge in [-0.15, -0.1) is 0 Å². The second kappa shape index (κ2) is 7.84. The van der Waals surface area contributed by atoms with Crippen LogP contribution in [0.1, 0.15) is 73.1 Å². The summed E-state index contributed by atoms with van der Waals surface area (Å²) in [7, 11) is 0. The van der Waals surface area contributed by atoms with Crippen molar-refractivity contribution in [2.45, 2.75) is 103 Å². The minimum Gasteiger partial charge on any atom is -0.378 e. The van der Waals surface area contributed by atoms with E-state index in [9.17, 15) is 0 Å². The van der Waals surface area contributed by atoms with Crippen LogP contribution < -0.4 is 0 Å². The fourth-order valence-corrected chi connectivity index (χ4v) is 4.69. The zero-order valence-corrected chi connectivity index (χ0v) is 16.9. The van der Waals surface area contributed by atoms with Gasteiger partial charge in [0.05, 0.1) is 42.7 Å². The van der Waals surface area contributed by atoms with Crippen molar-refractivity contribution < 1.29 is 18.9 Å². The highest BCUT2D eigenvalue weighted by Crippen LogP contribution is 2.40. The molecule has 0 aromatic heterocycles. The molecule has 146 valence electrons. The molecule has 2 aliphatic heterocycles. The van der Waals surface area contributed by atoms with Gasteiger partial charge in [-0.25, -0.2) is 0 Å².